The van der Waals surface area contributed by atoms with Crippen molar-refractivity contribution in [2.45, 2.75) is 25.9 Å². The lowest BCUT2D eigenvalue weighted by Gasteiger charge is -2.15. The number of halogens is 3. The number of imidazole rings is 2. The van der Waals surface area contributed by atoms with E-state index in [0.717, 1.165) is 33.5 Å². The highest BCUT2D eigenvalue weighted by Gasteiger charge is 2.17. The summed E-state index contributed by atoms with van der Waals surface area (Å²) in [5, 5.41) is 10.8. The van der Waals surface area contributed by atoms with E-state index in [1.807, 2.05) is 75.4 Å². The summed E-state index contributed by atoms with van der Waals surface area (Å²) < 4.78 is 31.2. The van der Waals surface area contributed by atoms with E-state index in [4.69, 9.17) is 9.97 Å². The molecule has 0 amide bonds. The smallest absolute Gasteiger partial charge is 0.225 e. The van der Waals surface area contributed by atoms with Crippen molar-refractivity contribution >= 4 is 39.2 Å². The number of anilines is 2. The highest BCUT2D eigenvalue weighted by atomic mass is 79.9. The maximum absolute atomic E-state index is 13.5. The first-order valence-corrected chi connectivity index (χ1v) is 20.7. The predicted molar refractivity (Wildman–Crippen MR) is 237 cm³/mol. The summed E-state index contributed by atoms with van der Waals surface area (Å²) in [5.41, 5.74) is 5.75. The van der Waals surface area contributed by atoms with Crippen LogP contribution in [-0.4, -0.2) is 39.0 Å². The monoisotopic (exact) mass is 878 g/mol. The minimum Gasteiger partial charge on any atom is -0.348 e. The molecule has 60 heavy (non-hydrogen) atoms. The third-order valence-corrected chi connectivity index (χ3v) is 10.5. The van der Waals surface area contributed by atoms with Gasteiger partial charge in [-0.15, -0.1) is 0 Å². The van der Waals surface area contributed by atoms with Crippen LogP contribution in [0.3, 0.4) is 0 Å². The molecule has 5 aromatic heterocycles. The first kappa shape index (κ1) is 39.9. The molecule has 2 atom stereocenters. The van der Waals surface area contributed by atoms with Crippen molar-refractivity contribution < 1.29 is 8.78 Å². The Kier molecular flexibility index (Phi) is 12.2. The van der Waals surface area contributed by atoms with Gasteiger partial charge in [0.15, 0.2) is 0 Å². The number of nitrogens with zero attached hydrogens (tertiary/aromatic N) is 8. The Labute approximate surface area is 357 Å². The van der Waals surface area contributed by atoms with Crippen molar-refractivity contribution in [2.75, 3.05) is 10.6 Å². The molecule has 9 rings (SSSR count). The number of benzene rings is 4. The minimum atomic E-state index is -0.288. The van der Waals surface area contributed by atoms with Crippen LogP contribution < -0.4 is 10.6 Å². The fraction of sp³-hybridized carbons (Fsp3) is 0.0870. The van der Waals surface area contributed by atoms with Gasteiger partial charge in [0.05, 0.1) is 17.8 Å². The van der Waals surface area contributed by atoms with E-state index < -0.39 is 0 Å². The van der Waals surface area contributed by atoms with Crippen LogP contribution in [0, 0.1) is 11.6 Å². The lowest BCUT2D eigenvalue weighted by molar-refractivity contribution is 0.627. The van der Waals surface area contributed by atoms with Crippen molar-refractivity contribution in [2.24, 2.45) is 0 Å². The molecule has 298 valence electrons. The Morgan fingerprint density at radius 1 is 0.550 bits per heavy atom. The van der Waals surface area contributed by atoms with Crippen molar-refractivity contribution in [1.82, 2.24) is 39.0 Å². The molecule has 5 heterocycles. The first-order chi connectivity index (χ1) is 29.3. The zero-order chi connectivity index (χ0) is 41.4. The number of nitrogens with one attached hydrogen (secondary N) is 2. The molecule has 0 unspecified atom stereocenters. The molecule has 0 aliphatic heterocycles. The highest BCUT2D eigenvalue weighted by molar-refractivity contribution is 9.10. The molecule has 14 heteroatoms. The molecule has 0 aliphatic rings. The quantitative estimate of drug-likeness (QED) is 0.132. The molecule has 4 aromatic carbocycles. The zero-order valence-corrected chi connectivity index (χ0v) is 34.8. The molecule has 0 fully saturated rings. The van der Waals surface area contributed by atoms with Gasteiger partial charge in [0.2, 0.25) is 11.9 Å². The molecule has 0 aliphatic carbocycles. The maximum Gasteiger partial charge on any atom is 0.225 e. The van der Waals surface area contributed by atoms with Gasteiger partial charge in [0.25, 0.3) is 0 Å². The summed E-state index contributed by atoms with van der Waals surface area (Å²) >= 11 is 5.03. The summed E-state index contributed by atoms with van der Waals surface area (Å²) in [6.45, 7) is 4.13. The number of aromatic nitrogens is 8. The van der Waals surface area contributed by atoms with Crippen LogP contribution in [0.4, 0.5) is 20.7 Å². The molecule has 0 bridgehead atoms. The summed E-state index contributed by atoms with van der Waals surface area (Å²) in [4.78, 5) is 27.4. The Morgan fingerprint density at radius 2 is 1.03 bits per heavy atom. The average molecular weight is 880 g/mol. The molecular formula is C46H37BrF2N10S. The van der Waals surface area contributed by atoms with E-state index in [2.05, 4.69) is 90.0 Å². The normalized spacial score (nSPS) is 11.9. The van der Waals surface area contributed by atoms with Gasteiger partial charge in [-0.25, -0.2) is 28.7 Å². The first-order valence-electron chi connectivity index (χ1n) is 19.0. The lowest BCUT2D eigenvalue weighted by Crippen LogP contribution is -2.10. The Balaban J connectivity index is 0.000000168. The number of hydrogen-bond acceptors (Lipinski definition) is 9. The fourth-order valence-electron chi connectivity index (χ4n) is 6.38. The van der Waals surface area contributed by atoms with Crippen LogP contribution in [0.2, 0.25) is 0 Å². The summed E-state index contributed by atoms with van der Waals surface area (Å²) in [6.07, 6.45) is 7.20. The second-order valence-corrected chi connectivity index (χ2v) is 15.2. The van der Waals surface area contributed by atoms with Gasteiger partial charge in [-0.3, -0.25) is 9.13 Å². The summed E-state index contributed by atoms with van der Waals surface area (Å²) in [7, 11) is 0. The van der Waals surface area contributed by atoms with E-state index in [-0.39, 0.29) is 23.7 Å². The molecule has 0 spiro atoms. The molecular weight excluding hydrogens is 843 g/mol. The maximum atomic E-state index is 13.5. The van der Waals surface area contributed by atoms with Gasteiger partial charge < -0.3 is 10.6 Å². The third-order valence-electron chi connectivity index (χ3n) is 9.47. The Hall–Kier alpha value is -6.90. The van der Waals surface area contributed by atoms with Crippen LogP contribution in [0.1, 0.15) is 37.1 Å². The second-order valence-electron chi connectivity index (χ2n) is 13.6. The van der Waals surface area contributed by atoms with Gasteiger partial charge in [-0.05, 0) is 113 Å². The zero-order valence-electron chi connectivity index (χ0n) is 32.4. The topological polar surface area (TPSA) is 111 Å². The van der Waals surface area contributed by atoms with Crippen LogP contribution in [0.15, 0.2) is 168 Å². The third kappa shape index (κ3) is 9.52. The van der Waals surface area contributed by atoms with Crippen molar-refractivity contribution in [3.8, 4) is 45.7 Å². The standard InChI is InChI=1S/C25H20FN5S.C21H17BrFN5/c1-17(18-5-3-2-4-6-18)28-25-27-13-11-23(30-25)31-15-22(20-12-14-32-16-20)29-24(31)19-7-9-21(26)10-8-19;1-14(15-5-3-2-4-6-15)25-21-24-12-11-19(27-21)28-13-18(22)26-20(28)16-7-9-17(23)10-8-16/h2-17H,1H3,(H,27,28,30);2-14H,1H3,(H,24,25,27)/t17-;14-/m00/s1. The van der Waals surface area contributed by atoms with Crippen molar-refractivity contribution in [1.29, 1.82) is 0 Å². The van der Waals surface area contributed by atoms with Crippen LogP contribution in [0.5, 0.6) is 0 Å². The largest absolute Gasteiger partial charge is 0.348 e. The van der Waals surface area contributed by atoms with Crippen LogP contribution in [0.25, 0.3) is 45.7 Å². The van der Waals surface area contributed by atoms with Gasteiger partial charge in [-0.2, -0.15) is 21.3 Å². The summed E-state index contributed by atoms with van der Waals surface area (Å²) in [5.74, 6) is 3.15. The number of thiophene rings is 1. The van der Waals surface area contributed by atoms with E-state index in [0.29, 0.717) is 39.8 Å². The van der Waals surface area contributed by atoms with Gasteiger partial charge in [0.1, 0.15) is 39.5 Å². The SMILES string of the molecule is C[C@H](Nc1nccc(-n2cc(-c3ccsc3)nc2-c2ccc(F)cc2)n1)c1ccccc1.C[C@H](Nc1nccc(-n2cc(Br)nc2-c2ccc(F)cc2)n1)c1ccccc1. The van der Waals surface area contributed by atoms with E-state index in [1.54, 1.807) is 54.1 Å². The highest BCUT2D eigenvalue weighted by Crippen LogP contribution is 2.30. The average Bonchev–Trinajstić information content (AvgIpc) is 4.06. The molecule has 0 saturated heterocycles. The number of rotatable bonds is 11. The second kappa shape index (κ2) is 18.4. The van der Waals surface area contributed by atoms with Crippen molar-refractivity contribution in [3.63, 3.8) is 0 Å². The molecule has 10 nitrogen and oxygen atoms in total. The van der Waals surface area contributed by atoms with E-state index >= 15 is 0 Å². The Bertz CT molecular complexity index is 2780. The van der Waals surface area contributed by atoms with E-state index in [9.17, 15) is 8.78 Å². The minimum absolute atomic E-state index is 0.0483. The number of hydrogen-bond donors (Lipinski definition) is 2. The molecule has 0 saturated carbocycles. The lowest BCUT2D eigenvalue weighted by atomic mass is 10.1. The predicted octanol–water partition coefficient (Wildman–Crippen LogP) is 11.8. The van der Waals surface area contributed by atoms with E-state index in [1.165, 1.54) is 24.3 Å². The molecule has 9 aromatic rings. The fourth-order valence-corrected chi connectivity index (χ4v) is 7.40. The molecule has 2 N–H and O–H groups in total. The molecule has 0 radical (unpaired) electrons. The van der Waals surface area contributed by atoms with Crippen LogP contribution in [-0.2, 0) is 0 Å². The Morgan fingerprint density at radius 3 is 1.52 bits per heavy atom. The van der Waals surface area contributed by atoms with Crippen LogP contribution >= 0.6 is 27.3 Å². The van der Waals surface area contributed by atoms with Crippen molar-refractivity contribution in [3.05, 3.63) is 190 Å². The van der Waals surface area contributed by atoms with Gasteiger partial charge in [0, 0.05) is 46.9 Å². The van der Waals surface area contributed by atoms with Gasteiger partial charge >= 0.3 is 0 Å². The summed E-state index contributed by atoms with van der Waals surface area (Å²) in [6, 6.07) is 38.6. The van der Waals surface area contributed by atoms with Gasteiger partial charge in [-0.1, -0.05) is 60.7 Å².